The van der Waals surface area contributed by atoms with Crippen LogP contribution in [0.15, 0.2) is 22.8 Å². The number of hydrogen-bond donors (Lipinski definition) is 1. The fraction of sp³-hybridized carbons (Fsp3) is 0.429. The van der Waals surface area contributed by atoms with E-state index in [4.69, 9.17) is 21.6 Å². The molecule has 4 aromatic rings. The largest absolute Gasteiger partial charge is 0.340 e. The van der Waals surface area contributed by atoms with Crippen LogP contribution in [0.2, 0.25) is 5.02 Å². The molecule has 0 aliphatic carbocycles. The number of anilines is 2. The summed E-state index contributed by atoms with van der Waals surface area (Å²) in [5, 5.41) is 4.55. The Morgan fingerprint density at radius 3 is 2.67 bits per heavy atom. The normalized spacial score (nSPS) is 15.3. The topological polar surface area (TPSA) is 81.5 Å². The molecule has 4 heterocycles. The zero-order valence-electron chi connectivity index (χ0n) is 18.6. The lowest BCUT2D eigenvalue weighted by molar-refractivity contribution is 0.311. The predicted molar refractivity (Wildman–Crippen MR) is 131 cm³/mol. The van der Waals surface area contributed by atoms with Gasteiger partial charge < -0.3 is 19.7 Å². The second-order valence-electron chi connectivity index (χ2n) is 8.50. The fourth-order valence-corrected chi connectivity index (χ4v) is 4.45. The van der Waals surface area contributed by atoms with Crippen molar-refractivity contribution >= 4 is 56.1 Å². The number of fused-ring (bicyclic) bond motifs is 2. The smallest absolute Gasteiger partial charge is 0.232 e. The third kappa shape index (κ3) is 4.13. The summed E-state index contributed by atoms with van der Waals surface area (Å²) in [5.74, 6) is 1.40. The van der Waals surface area contributed by atoms with Gasteiger partial charge in [0.25, 0.3) is 0 Å². The van der Waals surface area contributed by atoms with E-state index in [9.17, 15) is 4.39 Å². The van der Waals surface area contributed by atoms with Crippen LogP contribution < -0.4 is 9.80 Å². The summed E-state index contributed by atoms with van der Waals surface area (Å²) < 4.78 is 17.0. The molecule has 174 valence electrons. The molecule has 0 atom stereocenters. The minimum Gasteiger partial charge on any atom is -0.340 e. The number of aromatic nitrogens is 6. The Bertz CT molecular complexity index is 1310. The molecule has 1 aliphatic heterocycles. The Kier molecular flexibility index (Phi) is 5.87. The number of nitrogens with zero attached hydrogens (tertiary/aromatic N) is 8. The van der Waals surface area contributed by atoms with Gasteiger partial charge in [0, 0.05) is 32.2 Å². The first-order valence-electron chi connectivity index (χ1n) is 10.8. The van der Waals surface area contributed by atoms with Crippen LogP contribution in [0.5, 0.6) is 0 Å². The van der Waals surface area contributed by atoms with Gasteiger partial charge in [-0.25, -0.2) is 9.37 Å². The number of benzene rings is 1. The van der Waals surface area contributed by atoms with Crippen molar-refractivity contribution in [2.24, 2.45) is 0 Å². The van der Waals surface area contributed by atoms with Crippen LogP contribution >= 0.6 is 27.5 Å². The van der Waals surface area contributed by atoms with Gasteiger partial charge in [-0.15, -0.1) is 0 Å². The molecular weight excluding hydrogens is 513 g/mol. The van der Waals surface area contributed by atoms with E-state index in [2.05, 4.69) is 66.6 Å². The summed E-state index contributed by atoms with van der Waals surface area (Å²) >= 11 is 9.51. The maximum Gasteiger partial charge on any atom is 0.232 e. The van der Waals surface area contributed by atoms with E-state index in [1.165, 1.54) is 6.07 Å². The van der Waals surface area contributed by atoms with E-state index in [-0.39, 0.29) is 16.6 Å². The van der Waals surface area contributed by atoms with Gasteiger partial charge in [-0.3, -0.25) is 0 Å². The Morgan fingerprint density at radius 2 is 1.94 bits per heavy atom. The van der Waals surface area contributed by atoms with Gasteiger partial charge in [0.15, 0.2) is 11.5 Å². The number of piperazine rings is 1. The van der Waals surface area contributed by atoms with Gasteiger partial charge in [-0.05, 0) is 49.0 Å². The van der Waals surface area contributed by atoms with Crippen molar-refractivity contribution < 1.29 is 4.39 Å². The molecule has 12 heteroatoms. The van der Waals surface area contributed by atoms with E-state index in [0.29, 0.717) is 35.4 Å². The summed E-state index contributed by atoms with van der Waals surface area (Å²) in [6.07, 6.45) is 1.72. The highest BCUT2D eigenvalue weighted by Gasteiger charge is 2.25. The van der Waals surface area contributed by atoms with Crippen LogP contribution in [0.4, 0.5) is 16.3 Å². The van der Waals surface area contributed by atoms with Crippen molar-refractivity contribution in [1.29, 1.82) is 0 Å². The van der Waals surface area contributed by atoms with Crippen LogP contribution in [-0.2, 0) is 6.54 Å². The standard InChI is InChI=1S/C21H24BrClFN9/c1-12(2)32(11-16-26-15-5-4-14(23)17(24)18(15)27-16)21-29-20(31-8-6-30(3)7-9-31)28-19-13(22)10-25-33(19)21/h4-5,10,12H,6-9,11H2,1-3H3,(H,26,27). The third-order valence-electron chi connectivity index (χ3n) is 5.88. The number of halogens is 3. The molecule has 1 N–H and O–H groups in total. The minimum atomic E-state index is -0.523. The maximum absolute atomic E-state index is 14.5. The molecule has 33 heavy (non-hydrogen) atoms. The summed E-state index contributed by atoms with van der Waals surface area (Å²) in [7, 11) is 2.12. The molecule has 1 fully saturated rings. The van der Waals surface area contributed by atoms with E-state index >= 15 is 0 Å². The van der Waals surface area contributed by atoms with Crippen molar-refractivity contribution in [3.05, 3.63) is 39.5 Å². The molecule has 1 aliphatic rings. The SMILES string of the molecule is CC(C)N(Cc1nc2c(F)c(Cl)ccc2[nH]1)c1nc(N2CCN(C)CC2)nc2c(Br)cnn12. The zero-order chi connectivity index (χ0) is 23.3. The lowest BCUT2D eigenvalue weighted by atomic mass is 10.3. The highest BCUT2D eigenvalue weighted by atomic mass is 79.9. The number of hydrogen-bond acceptors (Lipinski definition) is 7. The molecule has 1 saturated heterocycles. The zero-order valence-corrected chi connectivity index (χ0v) is 20.9. The summed E-state index contributed by atoms with van der Waals surface area (Å²) in [6.45, 7) is 8.13. The molecule has 0 bridgehead atoms. The van der Waals surface area contributed by atoms with E-state index in [1.54, 1.807) is 16.8 Å². The van der Waals surface area contributed by atoms with Gasteiger partial charge in [-0.1, -0.05) is 11.6 Å². The highest BCUT2D eigenvalue weighted by molar-refractivity contribution is 9.10. The highest BCUT2D eigenvalue weighted by Crippen LogP contribution is 2.27. The number of nitrogens with one attached hydrogen (secondary N) is 1. The molecule has 3 aromatic heterocycles. The molecular formula is C21H24BrClFN9. The van der Waals surface area contributed by atoms with E-state index in [0.717, 1.165) is 30.7 Å². The van der Waals surface area contributed by atoms with Gasteiger partial charge in [0.1, 0.15) is 11.3 Å². The number of rotatable bonds is 5. The molecule has 0 amide bonds. The van der Waals surface area contributed by atoms with E-state index in [1.807, 2.05) is 0 Å². The minimum absolute atomic E-state index is 0.0528. The monoisotopic (exact) mass is 535 g/mol. The number of H-pyrrole nitrogens is 1. The summed E-state index contributed by atoms with van der Waals surface area (Å²) in [5.41, 5.74) is 1.53. The maximum atomic E-state index is 14.5. The molecule has 9 nitrogen and oxygen atoms in total. The molecule has 0 spiro atoms. The summed E-state index contributed by atoms with van der Waals surface area (Å²) in [6, 6.07) is 3.32. The van der Waals surface area contributed by atoms with Crippen LogP contribution in [0.25, 0.3) is 16.7 Å². The Hall–Kier alpha value is -2.50. The average molecular weight is 537 g/mol. The van der Waals surface area contributed by atoms with Crippen molar-refractivity contribution in [1.82, 2.24) is 34.4 Å². The average Bonchev–Trinajstić information content (AvgIpc) is 3.38. The first kappa shape index (κ1) is 22.3. The number of likely N-dealkylation sites (N-methyl/N-ethyl adjacent to an activating group) is 1. The van der Waals surface area contributed by atoms with Crippen LogP contribution in [0.3, 0.4) is 0 Å². The first-order valence-corrected chi connectivity index (χ1v) is 11.9. The van der Waals surface area contributed by atoms with E-state index < -0.39 is 5.82 Å². The van der Waals surface area contributed by atoms with Crippen LogP contribution in [0.1, 0.15) is 19.7 Å². The van der Waals surface area contributed by atoms with Gasteiger partial charge >= 0.3 is 0 Å². The second kappa shape index (κ2) is 8.69. The van der Waals surface area contributed by atoms with Crippen molar-refractivity contribution in [2.75, 3.05) is 43.0 Å². The van der Waals surface area contributed by atoms with Crippen molar-refractivity contribution in [3.63, 3.8) is 0 Å². The summed E-state index contributed by atoms with van der Waals surface area (Å²) in [4.78, 5) is 24.0. The fourth-order valence-electron chi connectivity index (χ4n) is 3.95. The molecule has 5 rings (SSSR count). The quantitative estimate of drug-likeness (QED) is 0.416. The van der Waals surface area contributed by atoms with Gasteiger partial charge in [-0.2, -0.15) is 19.6 Å². The Morgan fingerprint density at radius 1 is 1.18 bits per heavy atom. The van der Waals surface area contributed by atoms with Crippen molar-refractivity contribution in [3.8, 4) is 0 Å². The first-order chi connectivity index (χ1) is 15.8. The van der Waals surface area contributed by atoms with Crippen LogP contribution in [0, 0.1) is 5.82 Å². The predicted octanol–water partition coefficient (Wildman–Crippen LogP) is 3.72. The third-order valence-corrected chi connectivity index (χ3v) is 6.73. The van der Waals surface area contributed by atoms with Gasteiger partial charge in [0.05, 0.1) is 27.8 Å². The Balaban J connectivity index is 1.57. The number of aromatic amines is 1. The molecule has 1 aromatic carbocycles. The molecule has 0 unspecified atom stereocenters. The van der Waals surface area contributed by atoms with Gasteiger partial charge in [0.2, 0.25) is 11.9 Å². The molecule has 0 radical (unpaired) electrons. The van der Waals surface area contributed by atoms with Crippen molar-refractivity contribution in [2.45, 2.75) is 26.4 Å². The lowest BCUT2D eigenvalue weighted by Crippen LogP contribution is -2.45. The Labute approximate surface area is 203 Å². The van der Waals surface area contributed by atoms with Crippen LogP contribution in [-0.4, -0.2) is 73.7 Å². The lowest BCUT2D eigenvalue weighted by Gasteiger charge is -2.33. The number of imidazole rings is 1. The molecule has 0 saturated carbocycles. The second-order valence-corrected chi connectivity index (χ2v) is 9.77.